The van der Waals surface area contributed by atoms with E-state index in [0.29, 0.717) is 13.1 Å². The molecule has 5 nitrogen and oxygen atoms in total. The number of benzene rings is 1. The first-order valence-electron chi connectivity index (χ1n) is 10.2. The molecule has 1 heterocycles. The predicted octanol–water partition coefficient (Wildman–Crippen LogP) is 4.27. The summed E-state index contributed by atoms with van der Waals surface area (Å²) in [7, 11) is 0. The van der Waals surface area contributed by atoms with Crippen LogP contribution >= 0.6 is 0 Å². The van der Waals surface area contributed by atoms with Crippen LogP contribution in [0, 0.1) is 0 Å². The maximum Gasteiger partial charge on any atom is 0.410 e. The molecule has 1 aliphatic rings. The molecule has 5 heteroatoms. The van der Waals surface area contributed by atoms with Gasteiger partial charge in [0.2, 0.25) is 0 Å². The number of ether oxygens (including phenoxy) is 1. The molecule has 1 fully saturated rings. The van der Waals surface area contributed by atoms with Crippen molar-refractivity contribution < 1.29 is 9.53 Å². The fourth-order valence-corrected chi connectivity index (χ4v) is 4.03. The molecule has 1 aromatic rings. The second-order valence-corrected chi connectivity index (χ2v) is 8.60. The number of nitrogens with zero attached hydrogens (tertiary/aromatic N) is 2. The van der Waals surface area contributed by atoms with Gasteiger partial charge in [-0.25, -0.2) is 4.79 Å². The molecule has 152 valence electrons. The average Bonchev–Trinajstić information content (AvgIpc) is 2.63. The summed E-state index contributed by atoms with van der Waals surface area (Å²) < 4.78 is 5.53. The minimum atomic E-state index is -0.452. The van der Waals surface area contributed by atoms with Crippen molar-refractivity contribution >= 4 is 6.09 Å². The van der Waals surface area contributed by atoms with Crippen LogP contribution in [-0.2, 0) is 10.3 Å². The van der Waals surface area contributed by atoms with E-state index in [0.717, 1.165) is 31.5 Å². The van der Waals surface area contributed by atoms with Crippen molar-refractivity contribution in [2.24, 2.45) is 5.73 Å². The second kappa shape index (κ2) is 8.61. The highest BCUT2D eigenvalue weighted by molar-refractivity contribution is 5.68. The highest BCUT2D eigenvalue weighted by atomic mass is 16.6. The molecule has 27 heavy (non-hydrogen) atoms. The van der Waals surface area contributed by atoms with E-state index < -0.39 is 5.60 Å². The van der Waals surface area contributed by atoms with Crippen molar-refractivity contribution in [1.29, 1.82) is 0 Å². The highest BCUT2D eigenvalue weighted by Gasteiger charge is 2.38. The summed E-state index contributed by atoms with van der Waals surface area (Å²) in [5, 5.41) is 0. The highest BCUT2D eigenvalue weighted by Crippen LogP contribution is 2.36. The Hall–Kier alpha value is -1.59. The van der Waals surface area contributed by atoms with E-state index in [1.165, 1.54) is 5.56 Å². The maximum atomic E-state index is 12.4. The van der Waals surface area contributed by atoms with Gasteiger partial charge < -0.3 is 15.4 Å². The van der Waals surface area contributed by atoms with Gasteiger partial charge in [-0.05, 0) is 51.7 Å². The zero-order chi connectivity index (χ0) is 20.2. The maximum absolute atomic E-state index is 12.4. The smallest absolute Gasteiger partial charge is 0.410 e. The monoisotopic (exact) mass is 375 g/mol. The molecule has 0 radical (unpaired) electrons. The molecule has 1 amide bonds. The van der Waals surface area contributed by atoms with Gasteiger partial charge in [-0.15, -0.1) is 0 Å². The molecule has 2 rings (SSSR count). The standard InChI is InChI=1S/C22H37N3O2/c1-7-22(8-2,19-11-9-18(10-12-19)17(3)23)25-15-13-24(14-16-25)20(26)27-21(4,5)6/h9-12,17H,7-8,13-16,23H2,1-6H3/t17-/m0/s1. The zero-order valence-electron chi connectivity index (χ0n) is 17.9. The second-order valence-electron chi connectivity index (χ2n) is 8.60. The molecule has 1 saturated heterocycles. The first kappa shape index (κ1) is 21.7. The third kappa shape index (κ3) is 5.02. The van der Waals surface area contributed by atoms with E-state index in [1.54, 1.807) is 0 Å². The van der Waals surface area contributed by atoms with Crippen LogP contribution in [0.5, 0.6) is 0 Å². The quantitative estimate of drug-likeness (QED) is 0.835. The fraction of sp³-hybridized carbons (Fsp3) is 0.682. The van der Waals surface area contributed by atoms with E-state index in [4.69, 9.17) is 10.5 Å². The lowest BCUT2D eigenvalue weighted by atomic mass is 9.82. The van der Waals surface area contributed by atoms with Crippen molar-refractivity contribution in [3.05, 3.63) is 35.4 Å². The molecule has 1 aromatic carbocycles. The minimum Gasteiger partial charge on any atom is -0.444 e. The van der Waals surface area contributed by atoms with Crippen LogP contribution in [0.25, 0.3) is 0 Å². The Bertz CT molecular complexity index is 607. The SMILES string of the molecule is CCC(CC)(c1ccc([C@H](C)N)cc1)N1CCN(C(=O)OC(C)(C)C)CC1. The summed E-state index contributed by atoms with van der Waals surface area (Å²) >= 11 is 0. The van der Waals surface area contributed by atoms with E-state index in [-0.39, 0.29) is 17.7 Å². The van der Waals surface area contributed by atoms with Gasteiger partial charge in [0.15, 0.2) is 0 Å². The molecule has 0 unspecified atom stereocenters. The Morgan fingerprint density at radius 1 is 1.07 bits per heavy atom. The van der Waals surface area contributed by atoms with Crippen molar-refractivity contribution in [1.82, 2.24) is 9.80 Å². The third-order valence-corrected chi connectivity index (χ3v) is 5.68. The van der Waals surface area contributed by atoms with Crippen molar-refractivity contribution in [2.45, 2.75) is 71.6 Å². The van der Waals surface area contributed by atoms with Gasteiger partial charge in [-0.2, -0.15) is 0 Å². The van der Waals surface area contributed by atoms with Crippen LogP contribution in [-0.4, -0.2) is 47.7 Å². The first-order chi connectivity index (χ1) is 12.6. The lowest BCUT2D eigenvalue weighted by Crippen LogP contribution is -2.56. The molecule has 0 bridgehead atoms. The van der Waals surface area contributed by atoms with Gasteiger partial charge in [-0.3, -0.25) is 4.90 Å². The molecule has 0 aromatic heterocycles. The Balaban J connectivity index is 2.13. The molecule has 0 spiro atoms. The summed E-state index contributed by atoms with van der Waals surface area (Å²) in [6.45, 7) is 15.4. The molecule has 2 N–H and O–H groups in total. The number of carbonyl (C=O) groups is 1. The van der Waals surface area contributed by atoms with Crippen LogP contribution < -0.4 is 5.73 Å². The van der Waals surface area contributed by atoms with Crippen LogP contribution in [0.1, 0.15) is 71.6 Å². The van der Waals surface area contributed by atoms with E-state index in [2.05, 4.69) is 43.0 Å². The van der Waals surface area contributed by atoms with Gasteiger partial charge >= 0.3 is 6.09 Å². The van der Waals surface area contributed by atoms with Crippen LogP contribution in [0.2, 0.25) is 0 Å². The number of carbonyl (C=O) groups excluding carboxylic acids is 1. The lowest BCUT2D eigenvalue weighted by Gasteiger charge is -2.47. The van der Waals surface area contributed by atoms with Crippen LogP contribution in [0.4, 0.5) is 4.79 Å². The molecule has 1 atom stereocenters. The molecule has 0 aliphatic carbocycles. The normalized spacial score (nSPS) is 17.7. The van der Waals surface area contributed by atoms with Gasteiger partial charge in [0.05, 0.1) is 0 Å². The number of amides is 1. The van der Waals surface area contributed by atoms with Crippen molar-refractivity contribution in [2.75, 3.05) is 26.2 Å². The Morgan fingerprint density at radius 3 is 2.00 bits per heavy atom. The topological polar surface area (TPSA) is 58.8 Å². The molecular weight excluding hydrogens is 338 g/mol. The summed E-state index contributed by atoms with van der Waals surface area (Å²) in [5.41, 5.74) is 8.05. The van der Waals surface area contributed by atoms with E-state index in [9.17, 15) is 4.79 Å². The predicted molar refractivity (Wildman–Crippen MR) is 111 cm³/mol. The summed E-state index contributed by atoms with van der Waals surface area (Å²) in [6, 6.07) is 8.81. The Kier molecular flexibility index (Phi) is 6.92. The van der Waals surface area contributed by atoms with Gasteiger partial charge in [0, 0.05) is 37.8 Å². The molecule has 1 aliphatic heterocycles. The summed E-state index contributed by atoms with van der Waals surface area (Å²) in [6.07, 6.45) is 1.86. The number of piperazine rings is 1. The molecule has 0 saturated carbocycles. The third-order valence-electron chi connectivity index (χ3n) is 5.68. The largest absolute Gasteiger partial charge is 0.444 e. The Labute approximate surface area is 164 Å². The van der Waals surface area contributed by atoms with Crippen LogP contribution in [0.3, 0.4) is 0 Å². The fourth-order valence-electron chi connectivity index (χ4n) is 4.03. The van der Waals surface area contributed by atoms with E-state index >= 15 is 0 Å². The van der Waals surface area contributed by atoms with E-state index in [1.807, 2.05) is 32.6 Å². The Morgan fingerprint density at radius 2 is 1.59 bits per heavy atom. The number of hydrogen-bond acceptors (Lipinski definition) is 4. The number of hydrogen-bond donors (Lipinski definition) is 1. The summed E-state index contributed by atoms with van der Waals surface area (Å²) in [5.74, 6) is 0. The van der Waals surface area contributed by atoms with Gasteiger partial charge in [0.1, 0.15) is 5.60 Å². The zero-order valence-corrected chi connectivity index (χ0v) is 17.9. The summed E-state index contributed by atoms with van der Waals surface area (Å²) in [4.78, 5) is 16.7. The van der Waals surface area contributed by atoms with Gasteiger partial charge in [0.25, 0.3) is 0 Å². The van der Waals surface area contributed by atoms with Crippen molar-refractivity contribution in [3.8, 4) is 0 Å². The molecular formula is C22H37N3O2. The number of rotatable bonds is 5. The van der Waals surface area contributed by atoms with Crippen LogP contribution in [0.15, 0.2) is 24.3 Å². The lowest BCUT2D eigenvalue weighted by molar-refractivity contribution is -0.00747. The first-order valence-corrected chi connectivity index (χ1v) is 10.2. The number of nitrogens with two attached hydrogens (primary N) is 1. The average molecular weight is 376 g/mol. The minimum absolute atomic E-state index is 0.00358. The van der Waals surface area contributed by atoms with Crippen molar-refractivity contribution in [3.63, 3.8) is 0 Å². The van der Waals surface area contributed by atoms with Gasteiger partial charge in [-0.1, -0.05) is 38.1 Å².